The zero-order valence-corrected chi connectivity index (χ0v) is 19.0. The molecule has 5 aromatic rings. The van der Waals surface area contributed by atoms with E-state index in [9.17, 15) is 0 Å². The van der Waals surface area contributed by atoms with Gasteiger partial charge < -0.3 is 4.90 Å². The molecule has 0 radical (unpaired) electrons. The Bertz CT molecular complexity index is 1600. The Morgan fingerprint density at radius 2 is 0.788 bits per heavy atom. The average molecular weight is 462 g/mol. The van der Waals surface area contributed by atoms with Crippen LogP contribution in [0, 0.1) is 0 Å². The number of para-hydroxylation sites is 3. The Labute approximate surface area is 202 Å². The molecule has 0 aromatic heterocycles. The van der Waals surface area contributed by atoms with Gasteiger partial charge in [-0.25, -0.2) is 0 Å². The zero-order chi connectivity index (χ0) is 22.1. The predicted molar refractivity (Wildman–Crippen MR) is 140 cm³/mol. The minimum Gasteiger partial charge on any atom is -0.308 e. The summed E-state index contributed by atoms with van der Waals surface area (Å²) >= 11 is 13.1. The third kappa shape index (κ3) is 2.61. The Morgan fingerprint density at radius 1 is 0.394 bits per heavy atom. The van der Waals surface area contributed by atoms with Crippen LogP contribution in [0.3, 0.4) is 0 Å². The monoisotopic (exact) mass is 461 g/mol. The van der Waals surface area contributed by atoms with Gasteiger partial charge in [0, 0.05) is 22.3 Å². The number of rotatable bonds is 0. The first-order valence-electron chi connectivity index (χ1n) is 10.9. The molecule has 0 fully saturated rings. The number of hydrogen-bond donors (Lipinski definition) is 0. The molecule has 1 nitrogen and oxygen atoms in total. The summed E-state index contributed by atoms with van der Waals surface area (Å²) < 4.78 is 0. The van der Waals surface area contributed by atoms with Gasteiger partial charge in [0.15, 0.2) is 0 Å². The van der Waals surface area contributed by atoms with Gasteiger partial charge in [0.05, 0.1) is 27.1 Å². The molecule has 2 aliphatic heterocycles. The van der Waals surface area contributed by atoms with Gasteiger partial charge in [0.1, 0.15) is 0 Å². The van der Waals surface area contributed by atoms with Crippen molar-refractivity contribution >= 4 is 40.3 Å². The first-order valence-corrected chi connectivity index (χ1v) is 11.7. The normalized spacial score (nSPS) is 12.5. The molecular formula is C30H17Cl2N. The fourth-order valence-electron chi connectivity index (χ4n) is 5.33. The SMILES string of the molecule is Clc1cc2c(cc1Cl)-c1cccc3c1N(c1ccccc1-c1ccccc1-3)c1ccccc1-2. The lowest BCUT2D eigenvalue weighted by Crippen LogP contribution is -2.11. The summed E-state index contributed by atoms with van der Waals surface area (Å²) in [6.45, 7) is 0. The van der Waals surface area contributed by atoms with E-state index in [2.05, 4.69) is 95.9 Å². The second kappa shape index (κ2) is 6.99. The molecule has 3 heteroatoms. The number of fused-ring (bicyclic) bond motifs is 10. The quantitative estimate of drug-likeness (QED) is 0.217. The van der Waals surface area contributed by atoms with Crippen LogP contribution in [0.4, 0.5) is 17.1 Å². The van der Waals surface area contributed by atoms with Crippen molar-refractivity contribution in [2.24, 2.45) is 0 Å². The van der Waals surface area contributed by atoms with Crippen LogP contribution in [0.1, 0.15) is 0 Å². The lowest BCUT2D eigenvalue weighted by molar-refractivity contribution is 1.31. The smallest absolute Gasteiger partial charge is 0.0619 e. The zero-order valence-electron chi connectivity index (χ0n) is 17.5. The van der Waals surface area contributed by atoms with Crippen LogP contribution in [0.25, 0.3) is 44.5 Å². The Morgan fingerprint density at radius 3 is 1.39 bits per heavy atom. The molecule has 33 heavy (non-hydrogen) atoms. The summed E-state index contributed by atoms with van der Waals surface area (Å²) in [6.07, 6.45) is 0. The maximum absolute atomic E-state index is 6.57. The van der Waals surface area contributed by atoms with Crippen molar-refractivity contribution < 1.29 is 0 Å². The van der Waals surface area contributed by atoms with Gasteiger partial charge in [-0.1, -0.05) is 102 Å². The summed E-state index contributed by atoms with van der Waals surface area (Å²) in [5.41, 5.74) is 12.8. The van der Waals surface area contributed by atoms with E-state index in [-0.39, 0.29) is 0 Å². The van der Waals surface area contributed by atoms with E-state index in [0.29, 0.717) is 10.0 Å². The third-order valence-corrected chi connectivity index (χ3v) is 7.42. The summed E-state index contributed by atoms with van der Waals surface area (Å²) in [5.74, 6) is 0. The first kappa shape index (κ1) is 19.0. The van der Waals surface area contributed by atoms with Gasteiger partial charge in [-0.05, 0) is 46.5 Å². The van der Waals surface area contributed by atoms with Crippen molar-refractivity contribution in [1.82, 2.24) is 0 Å². The highest BCUT2D eigenvalue weighted by Gasteiger charge is 2.32. The maximum atomic E-state index is 6.57. The Kier molecular flexibility index (Phi) is 4.02. The molecule has 5 aromatic carbocycles. The standard InChI is InChI=1S/C30H17Cl2N/c31-26-16-24-21-11-4-6-15-29(21)33-28-14-5-3-10-20(28)18-8-1-2-9-19(18)22-12-7-13-23(30(22)33)25(24)17-27(26)32/h1-17H. The number of benzene rings is 5. The van der Waals surface area contributed by atoms with Crippen LogP contribution in [0.2, 0.25) is 10.0 Å². The van der Waals surface area contributed by atoms with Crippen LogP contribution in [-0.4, -0.2) is 0 Å². The van der Waals surface area contributed by atoms with E-state index < -0.39 is 0 Å². The molecule has 0 atom stereocenters. The molecule has 2 heterocycles. The minimum atomic E-state index is 0.563. The highest BCUT2D eigenvalue weighted by Crippen LogP contribution is 2.58. The van der Waals surface area contributed by atoms with Crippen molar-refractivity contribution in [3.05, 3.63) is 113 Å². The Balaban J connectivity index is 1.74. The van der Waals surface area contributed by atoms with Gasteiger partial charge >= 0.3 is 0 Å². The van der Waals surface area contributed by atoms with E-state index in [0.717, 1.165) is 33.6 Å². The van der Waals surface area contributed by atoms with Crippen molar-refractivity contribution in [2.75, 3.05) is 4.90 Å². The van der Waals surface area contributed by atoms with Crippen LogP contribution in [-0.2, 0) is 0 Å². The molecule has 0 amide bonds. The molecule has 0 saturated carbocycles. The summed E-state index contributed by atoms with van der Waals surface area (Å²) in [4.78, 5) is 2.41. The largest absolute Gasteiger partial charge is 0.308 e. The van der Waals surface area contributed by atoms with Crippen LogP contribution >= 0.6 is 23.2 Å². The maximum Gasteiger partial charge on any atom is 0.0619 e. The fourth-order valence-corrected chi connectivity index (χ4v) is 5.66. The lowest BCUT2D eigenvalue weighted by Gasteiger charge is -2.28. The Hall–Kier alpha value is -3.52. The van der Waals surface area contributed by atoms with E-state index >= 15 is 0 Å². The predicted octanol–water partition coefficient (Wildman–Crippen LogP) is 9.76. The van der Waals surface area contributed by atoms with Gasteiger partial charge in [-0.2, -0.15) is 0 Å². The van der Waals surface area contributed by atoms with E-state index in [1.54, 1.807) is 0 Å². The fraction of sp³-hybridized carbons (Fsp3) is 0. The summed E-state index contributed by atoms with van der Waals surface area (Å²) in [5, 5.41) is 1.13. The average Bonchev–Trinajstić information content (AvgIpc) is 3.06. The second-order valence-electron chi connectivity index (χ2n) is 8.43. The van der Waals surface area contributed by atoms with Gasteiger partial charge in [-0.3, -0.25) is 0 Å². The van der Waals surface area contributed by atoms with Crippen molar-refractivity contribution in [3.63, 3.8) is 0 Å². The molecule has 0 N–H and O–H groups in total. The van der Waals surface area contributed by atoms with Crippen molar-refractivity contribution in [2.45, 2.75) is 0 Å². The number of hydrogen-bond acceptors (Lipinski definition) is 1. The number of halogens is 2. The number of nitrogens with zero attached hydrogens (tertiary/aromatic N) is 1. The molecule has 0 saturated heterocycles. The molecule has 0 spiro atoms. The van der Waals surface area contributed by atoms with E-state index in [4.69, 9.17) is 23.2 Å². The molecular weight excluding hydrogens is 445 g/mol. The molecule has 156 valence electrons. The molecule has 7 rings (SSSR count). The number of anilines is 3. The molecule has 0 bridgehead atoms. The van der Waals surface area contributed by atoms with E-state index in [1.807, 2.05) is 12.1 Å². The molecule has 0 unspecified atom stereocenters. The highest BCUT2D eigenvalue weighted by atomic mass is 35.5. The van der Waals surface area contributed by atoms with Gasteiger partial charge in [-0.15, -0.1) is 0 Å². The second-order valence-corrected chi connectivity index (χ2v) is 9.24. The molecule has 0 aliphatic carbocycles. The van der Waals surface area contributed by atoms with Crippen LogP contribution in [0.15, 0.2) is 103 Å². The molecule has 2 aliphatic rings. The third-order valence-electron chi connectivity index (χ3n) is 6.70. The van der Waals surface area contributed by atoms with Crippen LogP contribution in [0.5, 0.6) is 0 Å². The lowest BCUT2D eigenvalue weighted by atomic mass is 9.90. The van der Waals surface area contributed by atoms with Gasteiger partial charge in [0.2, 0.25) is 0 Å². The summed E-state index contributed by atoms with van der Waals surface area (Å²) in [6, 6.07) is 36.5. The van der Waals surface area contributed by atoms with Crippen LogP contribution < -0.4 is 4.90 Å². The minimum absolute atomic E-state index is 0.563. The topological polar surface area (TPSA) is 3.24 Å². The van der Waals surface area contributed by atoms with Crippen molar-refractivity contribution in [1.29, 1.82) is 0 Å². The highest BCUT2D eigenvalue weighted by molar-refractivity contribution is 6.42. The van der Waals surface area contributed by atoms with Gasteiger partial charge in [0.25, 0.3) is 0 Å². The summed E-state index contributed by atoms with van der Waals surface area (Å²) in [7, 11) is 0. The first-order chi connectivity index (χ1) is 16.2. The van der Waals surface area contributed by atoms with Crippen molar-refractivity contribution in [3.8, 4) is 44.5 Å². The van der Waals surface area contributed by atoms with E-state index in [1.165, 1.54) is 27.9 Å².